The first-order chi connectivity index (χ1) is 8.67. The third kappa shape index (κ3) is 4.85. The average molecular weight is 254 g/mol. The Morgan fingerprint density at radius 3 is 3.00 bits per heavy atom. The van der Waals surface area contributed by atoms with E-state index in [2.05, 4.69) is 22.7 Å². The Morgan fingerprint density at radius 1 is 1.56 bits per heavy atom. The molecular weight excluding hydrogens is 232 g/mol. The van der Waals surface area contributed by atoms with Crippen LogP contribution in [0.1, 0.15) is 18.2 Å². The fourth-order valence-electron chi connectivity index (χ4n) is 1.69. The minimum Gasteiger partial charge on any atom is -0.383 e. The molecule has 0 saturated heterocycles. The molecule has 0 atom stereocenters. The van der Waals surface area contributed by atoms with Gasteiger partial charge in [0.1, 0.15) is 0 Å². The standard InChI is InChI=1S/C12H22N4O2/c1-4-11-10(9-16(2)15-11)7-13-8-12(17)14-5-6-18-3/h9,13H,4-8H2,1-3H3,(H,14,17). The third-order valence-electron chi connectivity index (χ3n) is 2.56. The third-order valence-corrected chi connectivity index (χ3v) is 2.56. The lowest BCUT2D eigenvalue weighted by Crippen LogP contribution is -2.35. The molecule has 1 aromatic rings. The molecule has 1 aromatic heterocycles. The first kappa shape index (κ1) is 14.7. The molecule has 0 aliphatic rings. The Hall–Kier alpha value is -1.40. The summed E-state index contributed by atoms with van der Waals surface area (Å²) in [7, 11) is 3.51. The number of amides is 1. The molecule has 1 amide bonds. The zero-order valence-electron chi connectivity index (χ0n) is 11.3. The molecule has 0 aromatic carbocycles. The number of methoxy groups -OCH3 is 1. The largest absolute Gasteiger partial charge is 0.383 e. The smallest absolute Gasteiger partial charge is 0.234 e. The van der Waals surface area contributed by atoms with Crippen molar-refractivity contribution in [3.05, 3.63) is 17.5 Å². The predicted octanol–water partition coefficient (Wildman–Crippen LogP) is -0.165. The lowest BCUT2D eigenvalue weighted by molar-refractivity contribution is -0.120. The van der Waals surface area contributed by atoms with Gasteiger partial charge in [-0.05, 0) is 6.42 Å². The van der Waals surface area contributed by atoms with Gasteiger partial charge in [0.25, 0.3) is 0 Å². The van der Waals surface area contributed by atoms with E-state index in [0.29, 0.717) is 26.2 Å². The zero-order chi connectivity index (χ0) is 13.4. The van der Waals surface area contributed by atoms with E-state index in [1.54, 1.807) is 11.8 Å². The highest BCUT2D eigenvalue weighted by Gasteiger charge is 2.06. The molecule has 0 aliphatic carbocycles. The van der Waals surface area contributed by atoms with E-state index in [0.717, 1.165) is 17.7 Å². The number of aryl methyl sites for hydroxylation is 2. The fourth-order valence-corrected chi connectivity index (χ4v) is 1.69. The van der Waals surface area contributed by atoms with Crippen LogP contribution in [0, 0.1) is 0 Å². The van der Waals surface area contributed by atoms with Crippen LogP contribution in [0.3, 0.4) is 0 Å². The van der Waals surface area contributed by atoms with Crippen LogP contribution in [0.25, 0.3) is 0 Å². The SMILES string of the molecule is CCc1nn(C)cc1CNCC(=O)NCCOC. The van der Waals surface area contributed by atoms with Crippen LogP contribution < -0.4 is 10.6 Å². The molecule has 2 N–H and O–H groups in total. The molecule has 18 heavy (non-hydrogen) atoms. The Bertz CT molecular complexity index is 376. The van der Waals surface area contributed by atoms with Crippen molar-refractivity contribution in [3.63, 3.8) is 0 Å². The second-order valence-corrected chi connectivity index (χ2v) is 4.07. The van der Waals surface area contributed by atoms with Gasteiger partial charge >= 0.3 is 0 Å². The Balaban J connectivity index is 2.26. The summed E-state index contributed by atoms with van der Waals surface area (Å²) in [5.41, 5.74) is 2.22. The van der Waals surface area contributed by atoms with Gasteiger partial charge < -0.3 is 15.4 Å². The Morgan fingerprint density at radius 2 is 2.33 bits per heavy atom. The fraction of sp³-hybridized carbons (Fsp3) is 0.667. The van der Waals surface area contributed by atoms with Crippen molar-refractivity contribution in [2.24, 2.45) is 7.05 Å². The van der Waals surface area contributed by atoms with Crippen LogP contribution in [0.5, 0.6) is 0 Å². The number of hydrogen-bond acceptors (Lipinski definition) is 4. The number of nitrogens with one attached hydrogen (secondary N) is 2. The monoisotopic (exact) mass is 254 g/mol. The number of carbonyl (C=O) groups is 1. The molecule has 6 heteroatoms. The first-order valence-corrected chi connectivity index (χ1v) is 6.15. The van der Waals surface area contributed by atoms with Gasteiger partial charge in [0.2, 0.25) is 5.91 Å². The van der Waals surface area contributed by atoms with E-state index >= 15 is 0 Å². The van der Waals surface area contributed by atoms with Crippen molar-refractivity contribution >= 4 is 5.91 Å². The van der Waals surface area contributed by atoms with Gasteiger partial charge in [0.15, 0.2) is 0 Å². The van der Waals surface area contributed by atoms with E-state index in [1.165, 1.54) is 0 Å². The molecule has 0 aliphatic heterocycles. The Labute approximate surface area is 108 Å². The van der Waals surface area contributed by atoms with Crippen molar-refractivity contribution in [1.82, 2.24) is 20.4 Å². The van der Waals surface area contributed by atoms with Crippen molar-refractivity contribution in [3.8, 4) is 0 Å². The molecule has 0 unspecified atom stereocenters. The molecule has 1 rings (SSSR count). The maximum atomic E-state index is 11.4. The van der Waals surface area contributed by atoms with Crippen LogP contribution in [-0.4, -0.2) is 42.5 Å². The molecule has 0 saturated carbocycles. The molecule has 0 fully saturated rings. The van der Waals surface area contributed by atoms with Crippen LogP contribution >= 0.6 is 0 Å². The molecular formula is C12H22N4O2. The highest BCUT2D eigenvalue weighted by atomic mass is 16.5. The summed E-state index contributed by atoms with van der Waals surface area (Å²) in [6.07, 6.45) is 2.88. The van der Waals surface area contributed by atoms with Crippen LogP contribution in [0.15, 0.2) is 6.20 Å². The van der Waals surface area contributed by atoms with Crippen LogP contribution in [0.4, 0.5) is 0 Å². The van der Waals surface area contributed by atoms with Gasteiger partial charge in [-0.2, -0.15) is 5.10 Å². The minimum absolute atomic E-state index is 0.0195. The molecule has 0 bridgehead atoms. The number of nitrogens with zero attached hydrogens (tertiary/aromatic N) is 2. The van der Waals surface area contributed by atoms with Crippen molar-refractivity contribution in [2.75, 3.05) is 26.8 Å². The number of carbonyl (C=O) groups excluding carboxylic acids is 1. The molecule has 102 valence electrons. The van der Waals surface area contributed by atoms with E-state index in [-0.39, 0.29) is 5.91 Å². The number of aromatic nitrogens is 2. The van der Waals surface area contributed by atoms with Crippen molar-refractivity contribution in [2.45, 2.75) is 19.9 Å². The van der Waals surface area contributed by atoms with Gasteiger partial charge in [-0.1, -0.05) is 6.92 Å². The molecule has 1 heterocycles. The van der Waals surface area contributed by atoms with Crippen molar-refractivity contribution < 1.29 is 9.53 Å². The van der Waals surface area contributed by atoms with Gasteiger partial charge in [0, 0.05) is 39.0 Å². The summed E-state index contributed by atoms with van der Waals surface area (Å²) < 4.78 is 6.65. The number of hydrogen-bond donors (Lipinski definition) is 2. The molecule has 0 radical (unpaired) electrons. The quantitative estimate of drug-likeness (QED) is 0.632. The van der Waals surface area contributed by atoms with Gasteiger partial charge in [-0.3, -0.25) is 9.48 Å². The lowest BCUT2D eigenvalue weighted by Gasteiger charge is -2.06. The normalized spacial score (nSPS) is 10.6. The molecule has 6 nitrogen and oxygen atoms in total. The van der Waals surface area contributed by atoms with Crippen LogP contribution in [-0.2, 0) is 29.5 Å². The molecule has 0 spiro atoms. The van der Waals surface area contributed by atoms with Crippen LogP contribution in [0.2, 0.25) is 0 Å². The summed E-state index contributed by atoms with van der Waals surface area (Å²) in [5, 5.41) is 10.2. The van der Waals surface area contributed by atoms with E-state index in [4.69, 9.17) is 4.74 Å². The maximum absolute atomic E-state index is 11.4. The summed E-state index contributed by atoms with van der Waals surface area (Å²) >= 11 is 0. The van der Waals surface area contributed by atoms with Gasteiger partial charge in [0.05, 0.1) is 18.8 Å². The van der Waals surface area contributed by atoms with E-state index in [1.807, 2.05) is 13.2 Å². The minimum atomic E-state index is -0.0195. The summed E-state index contributed by atoms with van der Waals surface area (Å²) in [4.78, 5) is 11.4. The number of ether oxygens (including phenoxy) is 1. The Kier molecular flexibility index (Phi) is 6.38. The first-order valence-electron chi connectivity index (χ1n) is 6.15. The number of rotatable bonds is 8. The topological polar surface area (TPSA) is 68.2 Å². The second kappa shape index (κ2) is 7.84. The summed E-state index contributed by atoms with van der Waals surface area (Å²) in [6.45, 7) is 4.12. The maximum Gasteiger partial charge on any atom is 0.234 e. The second-order valence-electron chi connectivity index (χ2n) is 4.07. The zero-order valence-corrected chi connectivity index (χ0v) is 11.3. The van der Waals surface area contributed by atoms with E-state index < -0.39 is 0 Å². The lowest BCUT2D eigenvalue weighted by atomic mass is 10.2. The van der Waals surface area contributed by atoms with E-state index in [9.17, 15) is 4.79 Å². The van der Waals surface area contributed by atoms with Gasteiger partial charge in [-0.25, -0.2) is 0 Å². The highest BCUT2D eigenvalue weighted by Crippen LogP contribution is 2.06. The summed E-state index contributed by atoms with van der Waals surface area (Å²) in [6, 6.07) is 0. The average Bonchev–Trinajstić information content (AvgIpc) is 2.70. The highest BCUT2D eigenvalue weighted by molar-refractivity contribution is 5.77. The van der Waals surface area contributed by atoms with Crippen molar-refractivity contribution in [1.29, 1.82) is 0 Å². The summed E-state index contributed by atoms with van der Waals surface area (Å²) in [5.74, 6) is -0.0195. The van der Waals surface area contributed by atoms with Gasteiger partial charge in [-0.15, -0.1) is 0 Å². The predicted molar refractivity (Wildman–Crippen MR) is 69.2 cm³/mol.